The van der Waals surface area contributed by atoms with Gasteiger partial charge in [-0.2, -0.15) is 0 Å². The Labute approximate surface area is 106 Å². The highest BCUT2D eigenvalue weighted by Crippen LogP contribution is 2.27. The molecule has 1 aromatic heterocycles. The van der Waals surface area contributed by atoms with Gasteiger partial charge in [0.2, 0.25) is 5.75 Å². The summed E-state index contributed by atoms with van der Waals surface area (Å²) in [6, 6.07) is -0.529. The van der Waals surface area contributed by atoms with E-state index in [4.69, 9.17) is 15.2 Å². The average Bonchev–Trinajstić information content (AvgIpc) is 2.34. The third-order valence-electron chi connectivity index (χ3n) is 2.45. The highest BCUT2D eigenvalue weighted by molar-refractivity contribution is 5.80. The van der Waals surface area contributed by atoms with Crippen LogP contribution in [0.15, 0.2) is 6.33 Å². The number of nitrogen functional groups attached to an aromatic ring is 1. The van der Waals surface area contributed by atoms with Gasteiger partial charge in [0, 0.05) is 0 Å². The standard InChI is InChI=1S/C11H18N4O3/c1-6(2)7(11(16)18-4)15-10-8(17-3)9(12)13-5-14-10/h5-7H,1-4H3,(H3,12,13,14,15). The Hall–Kier alpha value is -2.05. The first kappa shape index (κ1) is 14.0. The predicted octanol–water partition coefficient (Wildman–Crippen LogP) is 0.677. The number of nitrogens with two attached hydrogens (primary N) is 1. The fraction of sp³-hybridized carbons (Fsp3) is 0.545. The van der Waals surface area contributed by atoms with Crippen molar-refractivity contribution in [1.29, 1.82) is 0 Å². The topological polar surface area (TPSA) is 99.4 Å². The number of hydrogen-bond donors (Lipinski definition) is 2. The number of carbonyl (C=O) groups excluding carboxylic acids is 1. The molecule has 0 bridgehead atoms. The average molecular weight is 254 g/mol. The highest BCUT2D eigenvalue weighted by Gasteiger charge is 2.25. The molecule has 1 rings (SSSR count). The number of rotatable bonds is 5. The summed E-state index contributed by atoms with van der Waals surface area (Å²) in [5.74, 6) is 0.547. The van der Waals surface area contributed by atoms with E-state index in [0.717, 1.165) is 0 Å². The van der Waals surface area contributed by atoms with E-state index in [2.05, 4.69) is 15.3 Å². The number of nitrogens with one attached hydrogen (secondary N) is 1. The van der Waals surface area contributed by atoms with E-state index in [-0.39, 0.29) is 17.7 Å². The van der Waals surface area contributed by atoms with Gasteiger partial charge in [-0.25, -0.2) is 14.8 Å². The van der Waals surface area contributed by atoms with Gasteiger partial charge < -0.3 is 20.5 Å². The predicted molar refractivity (Wildman–Crippen MR) is 67.3 cm³/mol. The molecule has 0 aromatic carbocycles. The Balaban J connectivity index is 3.01. The van der Waals surface area contributed by atoms with Gasteiger partial charge in [-0.1, -0.05) is 13.8 Å². The van der Waals surface area contributed by atoms with Gasteiger partial charge >= 0.3 is 5.97 Å². The lowest BCUT2D eigenvalue weighted by molar-refractivity contribution is -0.142. The fourth-order valence-electron chi connectivity index (χ4n) is 1.46. The van der Waals surface area contributed by atoms with Crippen LogP contribution < -0.4 is 15.8 Å². The Bertz CT molecular complexity index is 423. The maximum absolute atomic E-state index is 11.6. The first-order valence-electron chi connectivity index (χ1n) is 5.50. The number of ether oxygens (including phenoxy) is 2. The van der Waals surface area contributed by atoms with Crippen LogP contribution in [0.5, 0.6) is 5.75 Å². The van der Waals surface area contributed by atoms with Crippen molar-refractivity contribution >= 4 is 17.6 Å². The molecule has 0 aliphatic rings. The third kappa shape index (κ3) is 2.99. The monoisotopic (exact) mass is 254 g/mol. The maximum Gasteiger partial charge on any atom is 0.328 e. The molecule has 1 aromatic rings. The smallest absolute Gasteiger partial charge is 0.328 e. The number of nitrogens with zero attached hydrogens (tertiary/aromatic N) is 2. The second kappa shape index (κ2) is 6.04. The molecule has 0 amide bonds. The summed E-state index contributed by atoms with van der Waals surface area (Å²) in [7, 11) is 2.80. The number of hydrogen-bond acceptors (Lipinski definition) is 7. The van der Waals surface area contributed by atoms with Crippen LogP contribution in [0.1, 0.15) is 13.8 Å². The van der Waals surface area contributed by atoms with E-state index in [0.29, 0.717) is 11.6 Å². The van der Waals surface area contributed by atoms with Crippen molar-refractivity contribution in [2.45, 2.75) is 19.9 Å². The summed E-state index contributed by atoms with van der Waals surface area (Å²) in [5, 5.41) is 2.96. The minimum Gasteiger partial charge on any atom is -0.490 e. The van der Waals surface area contributed by atoms with Crippen LogP contribution in [0.2, 0.25) is 0 Å². The van der Waals surface area contributed by atoms with Gasteiger partial charge in [0.1, 0.15) is 12.4 Å². The molecule has 7 heteroatoms. The van der Waals surface area contributed by atoms with Crippen molar-refractivity contribution in [1.82, 2.24) is 9.97 Å². The molecule has 0 saturated heterocycles. The highest BCUT2D eigenvalue weighted by atomic mass is 16.5. The van der Waals surface area contributed by atoms with E-state index >= 15 is 0 Å². The SMILES string of the molecule is COC(=O)C(Nc1ncnc(N)c1OC)C(C)C. The summed E-state index contributed by atoms with van der Waals surface area (Å²) >= 11 is 0. The molecule has 0 fully saturated rings. The Morgan fingerprint density at radius 1 is 1.39 bits per heavy atom. The summed E-state index contributed by atoms with van der Waals surface area (Å²) < 4.78 is 9.84. The second-order valence-electron chi connectivity index (χ2n) is 4.03. The molecule has 7 nitrogen and oxygen atoms in total. The Kier molecular flexibility index (Phi) is 4.70. The number of methoxy groups -OCH3 is 2. The largest absolute Gasteiger partial charge is 0.490 e. The summed E-state index contributed by atoms with van der Waals surface area (Å²) in [6.45, 7) is 3.79. The number of anilines is 2. The van der Waals surface area contributed by atoms with Gasteiger partial charge in [-0.15, -0.1) is 0 Å². The second-order valence-corrected chi connectivity index (χ2v) is 4.03. The Morgan fingerprint density at radius 3 is 2.56 bits per heavy atom. The normalized spacial score (nSPS) is 12.1. The van der Waals surface area contributed by atoms with Crippen LogP contribution in [0.3, 0.4) is 0 Å². The number of aromatic nitrogens is 2. The lowest BCUT2D eigenvalue weighted by Gasteiger charge is -2.21. The number of carbonyl (C=O) groups is 1. The van der Waals surface area contributed by atoms with E-state index in [1.807, 2.05) is 13.8 Å². The summed E-state index contributed by atoms with van der Waals surface area (Å²) in [4.78, 5) is 19.5. The molecule has 0 radical (unpaired) electrons. The van der Waals surface area contributed by atoms with Crippen LogP contribution in [0.25, 0.3) is 0 Å². The molecule has 1 unspecified atom stereocenters. The van der Waals surface area contributed by atoms with E-state index in [1.165, 1.54) is 20.5 Å². The molecule has 100 valence electrons. The van der Waals surface area contributed by atoms with Gasteiger partial charge in [0.05, 0.1) is 14.2 Å². The first-order chi connectivity index (χ1) is 8.51. The lowest BCUT2D eigenvalue weighted by atomic mass is 10.0. The van der Waals surface area contributed by atoms with Crippen LogP contribution >= 0.6 is 0 Å². The minimum absolute atomic E-state index is 0.0262. The molecule has 18 heavy (non-hydrogen) atoms. The third-order valence-corrected chi connectivity index (χ3v) is 2.45. The maximum atomic E-state index is 11.6. The molecule has 0 aliphatic carbocycles. The van der Waals surface area contributed by atoms with Gasteiger partial charge in [0.25, 0.3) is 0 Å². The molecule has 0 aliphatic heterocycles. The summed E-state index contributed by atoms with van der Waals surface area (Å²) in [6.07, 6.45) is 1.30. The van der Waals surface area contributed by atoms with Crippen LogP contribution in [-0.2, 0) is 9.53 Å². The van der Waals surface area contributed by atoms with Crippen LogP contribution in [0, 0.1) is 5.92 Å². The zero-order chi connectivity index (χ0) is 13.7. The quantitative estimate of drug-likeness (QED) is 0.745. The van der Waals surface area contributed by atoms with E-state index in [1.54, 1.807) is 0 Å². The zero-order valence-electron chi connectivity index (χ0n) is 10.9. The zero-order valence-corrected chi connectivity index (χ0v) is 10.9. The fourth-order valence-corrected chi connectivity index (χ4v) is 1.46. The van der Waals surface area contributed by atoms with Crippen molar-refractivity contribution in [3.8, 4) is 5.75 Å². The van der Waals surface area contributed by atoms with Crippen molar-refractivity contribution in [3.63, 3.8) is 0 Å². The summed E-state index contributed by atoms with van der Waals surface area (Å²) in [5.41, 5.74) is 5.66. The molecule has 1 atom stereocenters. The van der Waals surface area contributed by atoms with E-state index < -0.39 is 6.04 Å². The van der Waals surface area contributed by atoms with E-state index in [9.17, 15) is 4.79 Å². The lowest BCUT2D eigenvalue weighted by Crippen LogP contribution is -2.36. The van der Waals surface area contributed by atoms with Crippen molar-refractivity contribution < 1.29 is 14.3 Å². The van der Waals surface area contributed by atoms with Crippen molar-refractivity contribution in [2.24, 2.45) is 5.92 Å². The van der Waals surface area contributed by atoms with Gasteiger partial charge in [-0.05, 0) is 5.92 Å². The molecule has 0 spiro atoms. The van der Waals surface area contributed by atoms with Crippen molar-refractivity contribution in [2.75, 3.05) is 25.3 Å². The van der Waals surface area contributed by atoms with Gasteiger partial charge in [0.15, 0.2) is 11.6 Å². The molecular formula is C11H18N4O3. The molecule has 0 saturated carbocycles. The first-order valence-corrected chi connectivity index (χ1v) is 5.50. The van der Waals surface area contributed by atoms with Gasteiger partial charge in [-0.3, -0.25) is 0 Å². The van der Waals surface area contributed by atoms with Crippen molar-refractivity contribution in [3.05, 3.63) is 6.33 Å². The Morgan fingerprint density at radius 2 is 2.06 bits per heavy atom. The minimum atomic E-state index is -0.529. The van der Waals surface area contributed by atoms with Crippen LogP contribution in [0.4, 0.5) is 11.6 Å². The molecule has 3 N–H and O–H groups in total. The van der Waals surface area contributed by atoms with Crippen LogP contribution in [-0.4, -0.2) is 36.2 Å². The number of esters is 1. The molecule has 1 heterocycles. The molecular weight excluding hydrogens is 236 g/mol.